The second-order valence-corrected chi connectivity index (χ2v) is 6.99. The van der Waals surface area contributed by atoms with E-state index in [4.69, 9.17) is 5.73 Å². The normalized spacial score (nSPS) is 38.0. The smallest absolute Gasteiger partial charge is 0.0219 e. The molecule has 1 heterocycles. The highest BCUT2D eigenvalue weighted by atomic mass is 15.0. The highest BCUT2D eigenvalue weighted by Gasteiger charge is 2.27. The molecule has 2 heteroatoms. The Bertz CT molecular complexity index is 364. The summed E-state index contributed by atoms with van der Waals surface area (Å²) in [5.74, 6) is 1.81. The molecule has 20 heavy (non-hydrogen) atoms. The Kier molecular flexibility index (Phi) is 4.95. The van der Waals surface area contributed by atoms with Gasteiger partial charge in [0.05, 0.1) is 0 Å². The maximum Gasteiger partial charge on any atom is 0.0219 e. The molecule has 2 unspecified atom stereocenters. The van der Waals surface area contributed by atoms with Crippen molar-refractivity contribution in [3.63, 3.8) is 0 Å². The summed E-state index contributed by atoms with van der Waals surface area (Å²) >= 11 is 0. The molecule has 112 valence electrons. The molecule has 2 fully saturated rings. The molecule has 3 rings (SSSR count). The summed E-state index contributed by atoms with van der Waals surface area (Å²) in [6, 6.07) is 1.00. The molecule has 0 aromatic carbocycles. The van der Waals surface area contributed by atoms with Crippen LogP contribution in [0.25, 0.3) is 0 Å². The fraction of sp³-hybridized carbons (Fsp3) is 0.778. The summed E-state index contributed by atoms with van der Waals surface area (Å²) in [5, 5.41) is 3.56. The summed E-state index contributed by atoms with van der Waals surface area (Å²) in [4.78, 5) is 0. The van der Waals surface area contributed by atoms with Gasteiger partial charge in [-0.1, -0.05) is 18.2 Å². The molecule has 0 bridgehead atoms. The van der Waals surface area contributed by atoms with Crippen molar-refractivity contribution < 1.29 is 0 Å². The van der Waals surface area contributed by atoms with E-state index in [1.165, 1.54) is 51.4 Å². The van der Waals surface area contributed by atoms with Crippen LogP contribution in [-0.2, 0) is 0 Å². The van der Waals surface area contributed by atoms with Gasteiger partial charge in [-0.15, -0.1) is 0 Å². The lowest BCUT2D eigenvalue weighted by molar-refractivity contribution is 0.275. The van der Waals surface area contributed by atoms with Crippen molar-refractivity contribution in [2.24, 2.45) is 17.6 Å². The largest absolute Gasteiger partial charge is 0.326 e. The van der Waals surface area contributed by atoms with Crippen molar-refractivity contribution in [2.45, 2.75) is 69.9 Å². The number of allylic oxidation sites excluding steroid dienone is 4. The quantitative estimate of drug-likeness (QED) is 0.823. The first kappa shape index (κ1) is 14.3. The third-order valence-electron chi connectivity index (χ3n) is 5.63. The minimum Gasteiger partial charge on any atom is -0.326 e. The van der Waals surface area contributed by atoms with Gasteiger partial charge in [-0.3, -0.25) is 0 Å². The minimum absolute atomic E-state index is 0.406. The molecule has 1 aliphatic heterocycles. The van der Waals surface area contributed by atoms with Crippen LogP contribution in [-0.4, -0.2) is 18.6 Å². The highest BCUT2D eigenvalue weighted by Crippen LogP contribution is 2.37. The molecule has 1 saturated heterocycles. The van der Waals surface area contributed by atoms with E-state index >= 15 is 0 Å². The molecule has 2 nitrogen and oxygen atoms in total. The lowest BCUT2D eigenvalue weighted by atomic mass is 9.75. The standard InChI is InChI=1S/C18H30N2/c19-17-12-13-20-18(17)11-8-14-6-9-16(10-7-14)15-4-2-1-3-5-15/h2,4-5,14,16-18,20H,1,3,6-13,19H2. The lowest BCUT2D eigenvalue weighted by Crippen LogP contribution is -2.36. The topological polar surface area (TPSA) is 38.0 Å². The summed E-state index contributed by atoms with van der Waals surface area (Å²) in [6.07, 6.45) is 19.2. The molecule has 3 N–H and O–H groups in total. The molecular formula is C18H30N2. The van der Waals surface area contributed by atoms with E-state index in [1.54, 1.807) is 5.57 Å². The summed E-state index contributed by atoms with van der Waals surface area (Å²) in [7, 11) is 0. The van der Waals surface area contributed by atoms with Gasteiger partial charge in [0.25, 0.3) is 0 Å². The van der Waals surface area contributed by atoms with Gasteiger partial charge in [-0.2, -0.15) is 0 Å². The van der Waals surface area contributed by atoms with Gasteiger partial charge in [-0.25, -0.2) is 0 Å². The zero-order valence-electron chi connectivity index (χ0n) is 12.7. The number of rotatable bonds is 4. The molecule has 2 atom stereocenters. The van der Waals surface area contributed by atoms with E-state index < -0.39 is 0 Å². The number of nitrogens with one attached hydrogen (secondary N) is 1. The van der Waals surface area contributed by atoms with Crippen LogP contribution in [0.15, 0.2) is 23.8 Å². The maximum atomic E-state index is 6.14. The third kappa shape index (κ3) is 3.53. The van der Waals surface area contributed by atoms with Crippen molar-refractivity contribution >= 4 is 0 Å². The van der Waals surface area contributed by atoms with Crippen LogP contribution in [0.2, 0.25) is 0 Å². The van der Waals surface area contributed by atoms with Gasteiger partial charge in [0.2, 0.25) is 0 Å². The molecule has 0 aromatic heterocycles. The van der Waals surface area contributed by atoms with Gasteiger partial charge in [0.15, 0.2) is 0 Å². The molecule has 0 amide bonds. The van der Waals surface area contributed by atoms with Crippen LogP contribution >= 0.6 is 0 Å². The summed E-state index contributed by atoms with van der Waals surface area (Å²) in [5.41, 5.74) is 7.77. The number of hydrogen-bond acceptors (Lipinski definition) is 2. The molecule has 1 saturated carbocycles. The predicted octanol–water partition coefficient (Wildman–Crippen LogP) is 3.54. The average molecular weight is 274 g/mol. The molecular weight excluding hydrogens is 244 g/mol. The van der Waals surface area contributed by atoms with Crippen LogP contribution in [0.5, 0.6) is 0 Å². The minimum atomic E-state index is 0.406. The Hall–Kier alpha value is -0.600. The summed E-state index contributed by atoms with van der Waals surface area (Å²) < 4.78 is 0. The number of hydrogen-bond donors (Lipinski definition) is 2. The van der Waals surface area contributed by atoms with Crippen LogP contribution in [0.1, 0.15) is 57.8 Å². The Morgan fingerprint density at radius 3 is 2.55 bits per heavy atom. The van der Waals surface area contributed by atoms with E-state index in [2.05, 4.69) is 23.5 Å². The van der Waals surface area contributed by atoms with Crippen molar-refractivity contribution in [3.8, 4) is 0 Å². The first-order valence-electron chi connectivity index (χ1n) is 8.68. The first-order chi connectivity index (χ1) is 9.83. The SMILES string of the molecule is NC1CCNC1CCC1CCC(C2=CCCC=C2)CC1. The Labute approximate surface area is 123 Å². The molecule has 3 aliphatic rings. The number of nitrogens with two attached hydrogens (primary N) is 1. The van der Waals surface area contributed by atoms with Crippen molar-refractivity contribution in [3.05, 3.63) is 23.8 Å². The third-order valence-corrected chi connectivity index (χ3v) is 5.63. The van der Waals surface area contributed by atoms with Crippen LogP contribution in [0.4, 0.5) is 0 Å². The first-order valence-corrected chi connectivity index (χ1v) is 8.68. The van der Waals surface area contributed by atoms with Gasteiger partial charge < -0.3 is 11.1 Å². The zero-order chi connectivity index (χ0) is 13.8. The highest BCUT2D eigenvalue weighted by molar-refractivity contribution is 5.25. The average Bonchev–Trinajstić information content (AvgIpc) is 2.92. The van der Waals surface area contributed by atoms with E-state index in [1.807, 2.05) is 0 Å². The van der Waals surface area contributed by atoms with E-state index in [0.717, 1.165) is 24.8 Å². The van der Waals surface area contributed by atoms with Crippen LogP contribution in [0, 0.1) is 11.8 Å². The Balaban J connectivity index is 1.40. The van der Waals surface area contributed by atoms with Crippen molar-refractivity contribution in [1.29, 1.82) is 0 Å². The van der Waals surface area contributed by atoms with Crippen molar-refractivity contribution in [1.82, 2.24) is 5.32 Å². The van der Waals surface area contributed by atoms with Crippen LogP contribution in [0.3, 0.4) is 0 Å². The van der Waals surface area contributed by atoms with Gasteiger partial charge >= 0.3 is 0 Å². The van der Waals surface area contributed by atoms with E-state index in [0.29, 0.717) is 12.1 Å². The van der Waals surface area contributed by atoms with Crippen molar-refractivity contribution in [2.75, 3.05) is 6.54 Å². The van der Waals surface area contributed by atoms with E-state index in [-0.39, 0.29) is 0 Å². The summed E-state index contributed by atoms with van der Waals surface area (Å²) in [6.45, 7) is 1.12. The van der Waals surface area contributed by atoms with Crippen LogP contribution < -0.4 is 11.1 Å². The Morgan fingerprint density at radius 1 is 1.05 bits per heavy atom. The Morgan fingerprint density at radius 2 is 1.90 bits per heavy atom. The lowest BCUT2D eigenvalue weighted by Gasteiger charge is -2.31. The molecule has 0 spiro atoms. The second kappa shape index (κ2) is 6.91. The van der Waals surface area contributed by atoms with Gasteiger partial charge in [-0.05, 0) is 81.7 Å². The zero-order valence-corrected chi connectivity index (χ0v) is 12.7. The maximum absolute atomic E-state index is 6.14. The fourth-order valence-electron chi connectivity index (χ4n) is 4.24. The predicted molar refractivity (Wildman–Crippen MR) is 85.5 cm³/mol. The molecule has 0 aromatic rings. The van der Waals surface area contributed by atoms with Gasteiger partial charge in [0.1, 0.15) is 0 Å². The van der Waals surface area contributed by atoms with Gasteiger partial charge in [0, 0.05) is 12.1 Å². The fourth-order valence-corrected chi connectivity index (χ4v) is 4.24. The second-order valence-electron chi connectivity index (χ2n) is 6.99. The molecule has 0 radical (unpaired) electrons. The molecule has 2 aliphatic carbocycles. The monoisotopic (exact) mass is 274 g/mol. The van der Waals surface area contributed by atoms with E-state index in [9.17, 15) is 0 Å².